The standard InChI is InChI=1S/C60H30N6S2/c1-62-56-51(33-14-4-2-5-15-33)43(30-61)57(52(34-16-6-3-7-17-34)59(56)65-45-22-12-20-37-44-31-63-32-64-55(44)40-21-13-23-46(65)54(40)53(37)45)66-47-29-50-42(36-19-9-10-24-48(36)67-50)28-41(47)38-26-27-39-35-18-8-11-25-49(35)68-60(39)58(38)66/h2-29,31-32H. The maximum absolute atomic E-state index is 12.1. The number of rotatable bonds is 4. The summed E-state index contributed by atoms with van der Waals surface area (Å²) in [5, 5.41) is 24.3. The summed E-state index contributed by atoms with van der Waals surface area (Å²) in [5.74, 6) is 0. The van der Waals surface area contributed by atoms with Crippen molar-refractivity contribution < 1.29 is 0 Å². The predicted molar refractivity (Wildman–Crippen MR) is 285 cm³/mol. The molecular weight excluding hydrogens is 869 g/mol. The molecule has 0 fully saturated rings. The first-order valence-electron chi connectivity index (χ1n) is 22.4. The molecule has 15 rings (SSSR count). The minimum atomic E-state index is 0.404. The largest absolute Gasteiger partial charge is 0.318 e. The summed E-state index contributed by atoms with van der Waals surface area (Å²) in [6.07, 6.45) is 3.53. The highest BCUT2D eigenvalue weighted by molar-refractivity contribution is 7.27. The molecule has 5 aromatic heterocycles. The SMILES string of the molecule is [C-]#[N+]c1c(-c2ccccc2)c(C#N)c(-n2c3cc4sc5ccccc5c4cc3c3ccc4c5ccccc5sc4c32)c(-c2ccccc2)c1-n1c2cccc3c4cncnc4c4cccc1c4c32. The molecule has 0 spiro atoms. The summed E-state index contributed by atoms with van der Waals surface area (Å²) in [4.78, 5) is 13.9. The first-order valence-corrected chi connectivity index (χ1v) is 24.0. The predicted octanol–water partition coefficient (Wildman–Crippen LogP) is 16.9. The van der Waals surface area contributed by atoms with E-state index in [1.54, 1.807) is 29.0 Å². The smallest absolute Gasteiger partial charge is 0.220 e. The van der Waals surface area contributed by atoms with Crippen molar-refractivity contribution in [2.24, 2.45) is 0 Å². The molecular formula is C60H30N6S2. The van der Waals surface area contributed by atoms with Gasteiger partial charge in [-0.15, -0.1) is 22.7 Å². The van der Waals surface area contributed by atoms with Crippen LogP contribution < -0.4 is 0 Å². The highest BCUT2D eigenvalue weighted by atomic mass is 32.1. The average Bonchev–Trinajstić information content (AvgIpc) is 4.15. The molecule has 0 unspecified atom stereocenters. The van der Waals surface area contributed by atoms with E-state index in [0.717, 1.165) is 92.4 Å². The van der Waals surface area contributed by atoms with Crippen LogP contribution in [-0.2, 0) is 0 Å². The highest BCUT2D eigenvalue weighted by Gasteiger charge is 2.33. The summed E-state index contributed by atoms with van der Waals surface area (Å²) in [7, 11) is 0. The first kappa shape index (κ1) is 37.3. The van der Waals surface area contributed by atoms with Crippen LogP contribution >= 0.6 is 22.7 Å². The van der Waals surface area contributed by atoms with Crippen molar-refractivity contribution in [3.8, 4) is 39.7 Å². The van der Waals surface area contributed by atoms with Crippen LogP contribution in [0.15, 0.2) is 182 Å². The Morgan fingerprint density at radius 3 is 1.87 bits per heavy atom. The van der Waals surface area contributed by atoms with Crippen LogP contribution in [0.5, 0.6) is 0 Å². The average molecular weight is 899 g/mol. The van der Waals surface area contributed by atoms with Crippen LogP contribution in [0.2, 0.25) is 0 Å². The number of aromatic nitrogens is 4. The Kier molecular flexibility index (Phi) is 7.58. The Hall–Kier alpha value is -8.92. The quantitative estimate of drug-likeness (QED) is 0.131. The van der Waals surface area contributed by atoms with Crippen LogP contribution in [0.4, 0.5) is 5.69 Å². The summed E-state index contributed by atoms with van der Waals surface area (Å²) in [6, 6.07) is 62.6. The van der Waals surface area contributed by atoms with E-state index in [-0.39, 0.29) is 0 Å². The van der Waals surface area contributed by atoms with Gasteiger partial charge < -0.3 is 9.13 Å². The van der Waals surface area contributed by atoms with Crippen molar-refractivity contribution in [1.82, 2.24) is 19.1 Å². The zero-order valence-corrected chi connectivity index (χ0v) is 37.5. The Morgan fingerprint density at radius 1 is 0.500 bits per heavy atom. The van der Waals surface area contributed by atoms with E-state index in [4.69, 9.17) is 4.98 Å². The third-order valence-corrected chi connectivity index (χ3v) is 16.4. The summed E-state index contributed by atoms with van der Waals surface area (Å²) in [5.41, 5.74) is 10.2. The molecule has 6 nitrogen and oxygen atoms in total. The molecule has 15 aromatic rings. The third kappa shape index (κ3) is 4.82. The second-order valence-corrected chi connectivity index (χ2v) is 19.5. The molecule has 10 aromatic carbocycles. The fraction of sp³-hybridized carbons (Fsp3) is 0. The van der Waals surface area contributed by atoms with E-state index in [2.05, 4.69) is 158 Å². The molecule has 0 amide bonds. The van der Waals surface area contributed by atoms with E-state index in [0.29, 0.717) is 22.5 Å². The van der Waals surface area contributed by atoms with Gasteiger partial charge in [0.25, 0.3) is 0 Å². The van der Waals surface area contributed by atoms with Crippen molar-refractivity contribution in [2.45, 2.75) is 0 Å². The fourth-order valence-electron chi connectivity index (χ4n) is 11.4. The molecule has 68 heavy (non-hydrogen) atoms. The lowest BCUT2D eigenvalue weighted by molar-refractivity contribution is 1.14. The number of fused-ring (bicyclic) bond motifs is 13. The van der Waals surface area contributed by atoms with Gasteiger partial charge in [-0.2, -0.15) is 5.26 Å². The van der Waals surface area contributed by atoms with E-state index in [9.17, 15) is 11.8 Å². The normalized spacial score (nSPS) is 12.1. The van der Waals surface area contributed by atoms with E-state index < -0.39 is 0 Å². The lowest BCUT2D eigenvalue weighted by atomic mass is 9.88. The van der Waals surface area contributed by atoms with Crippen molar-refractivity contribution >= 4 is 134 Å². The van der Waals surface area contributed by atoms with Crippen molar-refractivity contribution in [3.05, 3.63) is 199 Å². The van der Waals surface area contributed by atoms with Crippen LogP contribution in [-0.4, -0.2) is 19.1 Å². The zero-order chi connectivity index (χ0) is 44.8. The van der Waals surface area contributed by atoms with Crippen LogP contribution in [0, 0.1) is 17.9 Å². The lowest BCUT2D eigenvalue weighted by Crippen LogP contribution is -2.08. The summed E-state index contributed by atoms with van der Waals surface area (Å²) in [6.45, 7) is 9.33. The van der Waals surface area contributed by atoms with Crippen LogP contribution in [0.25, 0.3) is 144 Å². The lowest BCUT2D eigenvalue weighted by Gasteiger charge is -2.26. The van der Waals surface area contributed by atoms with Crippen molar-refractivity contribution in [2.75, 3.05) is 0 Å². The molecule has 0 aliphatic carbocycles. The van der Waals surface area contributed by atoms with Crippen LogP contribution in [0.1, 0.15) is 5.56 Å². The molecule has 312 valence electrons. The number of nitrogens with zero attached hydrogens (tertiary/aromatic N) is 6. The molecule has 0 saturated heterocycles. The molecule has 0 radical (unpaired) electrons. The topological polar surface area (TPSA) is 63.8 Å². The second kappa shape index (κ2) is 13.8. The summed E-state index contributed by atoms with van der Waals surface area (Å²) < 4.78 is 9.43. The molecule has 8 heteroatoms. The molecule has 0 atom stereocenters. The van der Waals surface area contributed by atoms with Gasteiger partial charge in [-0.25, -0.2) is 14.8 Å². The number of benzene rings is 10. The third-order valence-electron chi connectivity index (χ3n) is 14.1. The molecule has 0 N–H and O–H groups in total. The first-order chi connectivity index (χ1) is 33.7. The Labute approximate surface area is 395 Å². The van der Waals surface area contributed by atoms with Gasteiger partial charge in [0.05, 0.1) is 55.8 Å². The van der Waals surface area contributed by atoms with Crippen LogP contribution in [0.3, 0.4) is 0 Å². The van der Waals surface area contributed by atoms with Gasteiger partial charge in [0.1, 0.15) is 12.4 Å². The zero-order valence-electron chi connectivity index (χ0n) is 35.8. The number of hydrogen-bond donors (Lipinski definition) is 0. The van der Waals surface area contributed by atoms with Gasteiger partial charge in [0.2, 0.25) is 5.69 Å². The van der Waals surface area contributed by atoms with Gasteiger partial charge in [0.15, 0.2) is 0 Å². The second-order valence-electron chi connectivity index (χ2n) is 17.4. The monoisotopic (exact) mass is 898 g/mol. The van der Waals surface area contributed by atoms with Gasteiger partial charge in [0, 0.05) is 85.3 Å². The Balaban J connectivity index is 1.24. The minimum absolute atomic E-state index is 0.404. The maximum Gasteiger partial charge on any atom is 0.220 e. The van der Waals surface area contributed by atoms with Gasteiger partial charge >= 0.3 is 0 Å². The van der Waals surface area contributed by atoms with Gasteiger partial charge in [-0.05, 0) is 52.9 Å². The number of nitriles is 1. The van der Waals surface area contributed by atoms with E-state index in [1.807, 2.05) is 42.6 Å². The van der Waals surface area contributed by atoms with Crippen molar-refractivity contribution in [3.63, 3.8) is 0 Å². The Morgan fingerprint density at radius 2 is 1.13 bits per heavy atom. The molecule has 0 aliphatic heterocycles. The Bertz CT molecular complexity index is 4670. The molecule has 0 bridgehead atoms. The number of hydrogen-bond acceptors (Lipinski definition) is 5. The maximum atomic E-state index is 12.1. The van der Waals surface area contributed by atoms with E-state index >= 15 is 0 Å². The van der Waals surface area contributed by atoms with Crippen molar-refractivity contribution in [1.29, 1.82) is 5.26 Å². The van der Waals surface area contributed by atoms with E-state index in [1.165, 1.54) is 35.6 Å². The molecule has 0 saturated carbocycles. The summed E-state index contributed by atoms with van der Waals surface area (Å²) >= 11 is 3.58. The molecule has 5 heterocycles. The minimum Gasteiger partial charge on any atom is -0.318 e. The van der Waals surface area contributed by atoms with Gasteiger partial charge in [-0.3, -0.25) is 0 Å². The molecule has 0 aliphatic rings. The highest BCUT2D eigenvalue weighted by Crippen LogP contribution is 2.55. The van der Waals surface area contributed by atoms with Gasteiger partial charge in [-0.1, -0.05) is 133 Å². The fourth-order valence-corrected chi connectivity index (χ4v) is 13.7. The number of thiophene rings is 2.